The molecule has 78 valence electrons. The summed E-state index contributed by atoms with van der Waals surface area (Å²) in [6.45, 7) is 0.560. The largest absolute Gasteiger partial charge is 0.487 e. The van der Waals surface area contributed by atoms with Crippen LogP contribution in [0.5, 0.6) is 5.75 Å². The van der Waals surface area contributed by atoms with Crippen molar-refractivity contribution >= 4 is 28.3 Å². The molecule has 1 unspecified atom stereocenters. The number of nitrogens with two attached hydrogens (primary N) is 1. The van der Waals surface area contributed by atoms with Gasteiger partial charge >= 0.3 is 0 Å². The van der Waals surface area contributed by atoms with Crippen molar-refractivity contribution in [2.75, 3.05) is 6.61 Å². The van der Waals surface area contributed by atoms with E-state index in [0.29, 0.717) is 11.6 Å². The normalized spacial score (nSPS) is 22.9. The van der Waals surface area contributed by atoms with Gasteiger partial charge in [0.2, 0.25) is 0 Å². The molecule has 0 bridgehead atoms. The van der Waals surface area contributed by atoms with Crippen LogP contribution in [0.25, 0.3) is 4.91 Å². The van der Waals surface area contributed by atoms with Gasteiger partial charge < -0.3 is 15.8 Å². The molecule has 0 amide bonds. The van der Waals surface area contributed by atoms with E-state index in [1.165, 1.54) is 0 Å². The summed E-state index contributed by atoms with van der Waals surface area (Å²) in [7, 11) is 0. The van der Waals surface area contributed by atoms with Gasteiger partial charge in [0, 0.05) is 15.5 Å². The van der Waals surface area contributed by atoms with E-state index in [1.54, 1.807) is 11.8 Å². The fourth-order valence-corrected chi connectivity index (χ4v) is 2.93. The lowest BCUT2D eigenvalue weighted by Crippen LogP contribution is -2.31. The molecule has 0 aliphatic carbocycles. The molecule has 1 aromatic rings. The molecule has 0 radical (unpaired) electrons. The van der Waals surface area contributed by atoms with Crippen LogP contribution in [0, 0.1) is 0 Å². The molecule has 0 spiro atoms. The number of hydrogen-bond acceptors (Lipinski definition) is 4. The van der Waals surface area contributed by atoms with Crippen LogP contribution in [0.3, 0.4) is 0 Å². The number of halogens is 1. The maximum absolute atomic E-state index is 5.96. The molecule has 0 aromatic heterocycles. The predicted molar refractivity (Wildman–Crippen MR) is 62.6 cm³/mol. The van der Waals surface area contributed by atoms with Crippen LogP contribution >= 0.6 is 23.4 Å². The van der Waals surface area contributed by atoms with Crippen molar-refractivity contribution in [3.05, 3.63) is 34.5 Å². The van der Waals surface area contributed by atoms with Crippen molar-refractivity contribution in [1.29, 1.82) is 0 Å². The monoisotopic (exact) mass is 240 g/mol. The molecule has 3 nitrogen and oxygen atoms in total. The predicted octanol–water partition coefficient (Wildman–Crippen LogP) is 1.98. The number of thioether (sulfide) groups is 1. The Morgan fingerprint density at radius 2 is 2.40 bits per heavy atom. The SMILES string of the molecule is NC1NC2=C(S1)c1cc(Cl)ccc1OC2. The lowest BCUT2D eigenvalue weighted by molar-refractivity contribution is 0.337. The van der Waals surface area contributed by atoms with Gasteiger partial charge in [-0.1, -0.05) is 23.4 Å². The van der Waals surface area contributed by atoms with E-state index >= 15 is 0 Å². The highest BCUT2D eigenvalue weighted by Gasteiger charge is 2.28. The highest BCUT2D eigenvalue weighted by Crippen LogP contribution is 2.44. The number of benzene rings is 1. The Bertz CT molecular complexity index is 461. The summed E-state index contributed by atoms with van der Waals surface area (Å²) in [6, 6.07) is 5.64. The third-order valence-electron chi connectivity index (χ3n) is 2.39. The van der Waals surface area contributed by atoms with Crippen molar-refractivity contribution in [1.82, 2.24) is 5.32 Å². The fourth-order valence-electron chi connectivity index (χ4n) is 1.75. The number of ether oxygens (including phenoxy) is 1. The Labute approximate surface area is 96.6 Å². The van der Waals surface area contributed by atoms with Gasteiger partial charge in [-0.15, -0.1) is 0 Å². The van der Waals surface area contributed by atoms with Crippen molar-refractivity contribution in [3.63, 3.8) is 0 Å². The van der Waals surface area contributed by atoms with Crippen LogP contribution < -0.4 is 15.8 Å². The van der Waals surface area contributed by atoms with Gasteiger partial charge in [-0.2, -0.15) is 0 Å². The van der Waals surface area contributed by atoms with E-state index < -0.39 is 0 Å². The maximum Gasteiger partial charge on any atom is 0.129 e. The van der Waals surface area contributed by atoms with Crippen LogP contribution in [0.2, 0.25) is 5.02 Å². The number of hydrogen-bond donors (Lipinski definition) is 2. The second-order valence-electron chi connectivity index (χ2n) is 3.42. The second kappa shape index (κ2) is 3.33. The molecule has 3 rings (SSSR count). The second-order valence-corrected chi connectivity index (χ2v) is 5.01. The standard InChI is InChI=1S/C10H9ClN2OS/c11-5-1-2-8-6(3-5)9-7(4-14-8)13-10(12)15-9/h1-3,10,13H,4,12H2. The highest BCUT2D eigenvalue weighted by molar-refractivity contribution is 8.09. The number of fused-ring (bicyclic) bond motifs is 2. The average molecular weight is 241 g/mol. The van der Waals surface area contributed by atoms with Crippen molar-refractivity contribution < 1.29 is 4.74 Å². The molecule has 2 heterocycles. The summed E-state index contributed by atoms with van der Waals surface area (Å²) in [5, 5.41) is 3.88. The van der Waals surface area contributed by atoms with Gasteiger partial charge in [0.15, 0.2) is 0 Å². The molecule has 0 fully saturated rings. The Balaban J connectivity index is 2.12. The maximum atomic E-state index is 5.96. The molecular formula is C10H9ClN2OS. The van der Waals surface area contributed by atoms with Crippen molar-refractivity contribution in [3.8, 4) is 5.75 Å². The Hall–Kier alpha value is -0.840. The average Bonchev–Trinajstić information content (AvgIpc) is 2.58. The lowest BCUT2D eigenvalue weighted by Gasteiger charge is -2.18. The van der Waals surface area contributed by atoms with E-state index in [2.05, 4.69) is 5.32 Å². The molecule has 1 atom stereocenters. The summed E-state index contributed by atoms with van der Waals surface area (Å²) in [4.78, 5) is 1.16. The van der Waals surface area contributed by atoms with Crippen LogP contribution in [-0.4, -0.2) is 12.1 Å². The quantitative estimate of drug-likeness (QED) is 0.728. The van der Waals surface area contributed by atoms with Gasteiger partial charge in [-0.05, 0) is 18.2 Å². The first-order valence-electron chi connectivity index (χ1n) is 4.59. The van der Waals surface area contributed by atoms with E-state index in [1.807, 2.05) is 18.2 Å². The number of nitrogens with one attached hydrogen (secondary N) is 1. The van der Waals surface area contributed by atoms with Gasteiger partial charge in [-0.25, -0.2) is 0 Å². The first-order valence-corrected chi connectivity index (χ1v) is 5.84. The minimum absolute atomic E-state index is 0.0801. The molecule has 0 saturated heterocycles. The Morgan fingerprint density at radius 3 is 3.27 bits per heavy atom. The lowest BCUT2D eigenvalue weighted by atomic mass is 10.1. The van der Waals surface area contributed by atoms with E-state index in [9.17, 15) is 0 Å². The zero-order chi connectivity index (χ0) is 10.4. The summed E-state index contributed by atoms with van der Waals surface area (Å²) in [5.41, 5.74) is 7.83. The van der Waals surface area contributed by atoms with Crippen molar-refractivity contribution in [2.24, 2.45) is 5.73 Å². The van der Waals surface area contributed by atoms with Gasteiger partial charge in [0.1, 0.15) is 17.9 Å². The van der Waals surface area contributed by atoms with Gasteiger partial charge in [-0.3, -0.25) is 0 Å². The first kappa shape index (κ1) is 9.39. The van der Waals surface area contributed by atoms with Gasteiger partial charge in [0.25, 0.3) is 0 Å². The van der Waals surface area contributed by atoms with Crippen LogP contribution in [0.4, 0.5) is 0 Å². The molecule has 0 saturated carbocycles. The molecule has 3 N–H and O–H groups in total. The van der Waals surface area contributed by atoms with Crippen LogP contribution in [0.1, 0.15) is 5.56 Å². The zero-order valence-electron chi connectivity index (χ0n) is 7.79. The minimum atomic E-state index is -0.0801. The van der Waals surface area contributed by atoms with E-state index in [4.69, 9.17) is 22.1 Å². The minimum Gasteiger partial charge on any atom is -0.487 e. The Morgan fingerprint density at radius 1 is 1.53 bits per heavy atom. The Kier molecular flexibility index (Phi) is 2.09. The third kappa shape index (κ3) is 1.49. The molecular weight excluding hydrogens is 232 g/mol. The zero-order valence-corrected chi connectivity index (χ0v) is 9.36. The third-order valence-corrected chi connectivity index (χ3v) is 3.70. The van der Waals surface area contributed by atoms with E-state index in [-0.39, 0.29) is 5.50 Å². The summed E-state index contributed by atoms with van der Waals surface area (Å²) in [5.74, 6) is 0.876. The van der Waals surface area contributed by atoms with Crippen LogP contribution in [-0.2, 0) is 0 Å². The molecule has 15 heavy (non-hydrogen) atoms. The molecule has 2 aliphatic heterocycles. The fraction of sp³-hybridized carbons (Fsp3) is 0.200. The summed E-state index contributed by atoms with van der Waals surface area (Å²) < 4.78 is 5.59. The highest BCUT2D eigenvalue weighted by atomic mass is 35.5. The van der Waals surface area contributed by atoms with E-state index in [0.717, 1.165) is 21.9 Å². The number of rotatable bonds is 0. The molecule has 5 heteroatoms. The van der Waals surface area contributed by atoms with Gasteiger partial charge in [0.05, 0.1) is 5.70 Å². The molecule has 1 aromatic carbocycles. The topological polar surface area (TPSA) is 47.3 Å². The molecule has 2 aliphatic rings. The van der Waals surface area contributed by atoms with Crippen molar-refractivity contribution in [2.45, 2.75) is 5.50 Å². The summed E-state index contributed by atoms with van der Waals surface area (Å²) in [6.07, 6.45) is 0. The first-order chi connectivity index (χ1) is 7.24. The van der Waals surface area contributed by atoms with Crippen LogP contribution in [0.15, 0.2) is 23.9 Å². The smallest absolute Gasteiger partial charge is 0.129 e. The summed E-state index contributed by atoms with van der Waals surface area (Å²) >= 11 is 7.57.